The van der Waals surface area contributed by atoms with Gasteiger partial charge in [-0.15, -0.1) is 0 Å². The number of alkyl carbamates (subject to hydrolysis) is 1. The lowest BCUT2D eigenvalue weighted by Crippen LogP contribution is -2.55. The van der Waals surface area contributed by atoms with Crippen LogP contribution < -0.4 is 35.1 Å². The van der Waals surface area contributed by atoms with Crippen molar-refractivity contribution in [1.82, 2.24) is 16.0 Å². The Hall–Kier alpha value is -8.23. The molecule has 13 nitrogen and oxygen atoms in total. The first-order chi connectivity index (χ1) is 37.2. The predicted octanol–water partition coefficient (Wildman–Crippen LogP) is 11.9. The van der Waals surface area contributed by atoms with Crippen molar-refractivity contribution in [1.29, 1.82) is 0 Å². The third-order valence-electron chi connectivity index (χ3n) is 12.9. The van der Waals surface area contributed by atoms with Crippen molar-refractivity contribution >= 4 is 47.2 Å². The molecule has 3 amide bonds. The molecule has 7 aromatic rings. The molecule has 391 valence electrons. The Morgan fingerprint density at radius 3 is 1.83 bits per heavy atom. The number of rotatable bonds is 24. The maximum absolute atomic E-state index is 14.7. The minimum Gasteiger partial charge on any atom is -0.496 e. The summed E-state index contributed by atoms with van der Waals surface area (Å²) in [7, 11) is 3.27. The van der Waals surface area contributed by atoms with Gasteiger partial charge in [0.25, 0.3) is 0 Å². The van der Waals surface area contributed by atoms with Crippen LogP contribution in [0.25, 0.3) is 0 Å². The van der Waals surface area contributed by atoms with E-state index in [0.717, 1.165) is 81.2 Å². The van der Waals surface area contributed by atoms with Gasteiger partial charge in [-0.2, -0.15) is 0 Å². The van der Waals surface area contributed by atoms with E-state index >= 15 is 0 Å². The summed E-state index contributed by atoms with van der Waals surface area (Å²) in [5.41, 5.74) is 8.16. The van der Waals surface area contributed by atoms with Gasteiger partial charge in [0.1, 0.15) is 42.5 Å². The number of nitrogens with one attached hydrogen (secondary N) is 3. The van der Waals surface area contributed by atoms with Crippen LogP contribution in [0.3, 0.4) is 0 Å². The van der Waals surface area contributed by atoms with Crippen LogP contribution in [0.1, 0.15) is 71.6 Å². The molecule has 0 unspecified atom stereocenters. The van der Waals surface area contributed by atoms with Crippen molar-refractivity contribution in [3.63, 3.8) is 0 Å². The quantitative estimate of drug-likeness (QED) is 0.0301. The Balaban J connectivity index is 1.04. The average Bonchev–Trinajstić information content (AvgIpc) is 3.46. The number of methoxy groups -OCH3 is 2. The number of carbonyl (C=O) groups excluding carboxylic acids is 4. The molecule has 1 radical (unpaired) electrons. The van der Waals surface area contributed by atoms with Gasteiger partial charge in [0.05, 0.1) is 25.6 Å². The van der Waals surface area contributed by atoms with Gasteiger partial charge in [0.2, 0.25) is 11.8 Å². The van der Waals surface area contributed by atoms with E-state index in [0.29, 0.717) is 23.5 Å². The number of amides is 3. The molecule has 0 spiro atoms. The van der Waals surface area contributed by atoms with Crippen LogP contribution >= 0.6 is 11.8 Å². The van der Waals surface area contributed by atoms with Crippen LogP contribution in [0.2, 0.25) is 0 Å². The summed E-state index contributed by atoms with van der Waals surface area (Å²) in [5, 5.41) is 8.88. The van der Waals surface area contributed by atoms with Crippen LogP contribution in [-0.4, -0.2) is 56.9 Å². The predicted molar refractivity (Wildman–Crippen MR) is 294 cm³/mol. The summed E-state index contributed by atoms with van der Waals surface area (Å²) in [4.78, 5) is 59.5. The maximum Gasteiger partial charge on any atom is 0.514 e. The van der Waals surface area contributed by atoms with Gasteiger partial charge < -0.3 is 44.5 Å². The fraction of sp³-hybridized carbons (Fsp3) is 0.258. The molecule has 0 fully saturated rings. The zero-order chi connectivity index (χ0) is 53.1. The SMILES string of the molecule is CCCCCCN1c2ccc(OC)c(CNC(=O)[C@H](Cc3ccccc3)NC(=O)[C@H](Cc3ccc(OC(=O)OCc4ccccc4)cc3)NC(=O)OCc3ccccc3)c2Sc2[c]c(OC)cc(Cc3ccccc3)c21. The van der Waals surface area contributed by atoms with Crippen LogP contribution in [0.15, 0.2) is 174 Å². The van der Waals surface area contributed by atoms with E-state index in [1.165, 1.54) is 5.56 Å². The Morgan fingerprint density at radius 1 is 0.618 bits per heavy atom. The van der Waals surface area contributed by atoms with Crippen molar-refractivity contribution in [2.75, 3.05) is 25.7 Å². The number of hydrogen-bond donors (Lipinski definition) is 3. The first kappa shape index (κ1) is 54.0. The van der Waals surface area contributed by atoms with Crippen LogP contribution in [0, 0.1) is 6.07 Å². The third kappa shape index (κ3) is 15.0. The van der Waals surface area contributed by atoms with E-state index < -0.39 is 36.1 Å². The van der Waals surface area contributed by atoms with Crippen molar-refractivity contribution in [2.45, 2.75) is 93.5 Å². The molecule has 0 saturated carbocycles. The molecule has 2 atom stereocenters. The highest BCUT2D eigenvalue weighted by molar-refractivity contribution is 7.99. The first-order valence-corrected chi connectivity index (χ1v) is 26.4. The second-order valence-electron chi connectivity index (χ2n) is 18.3. The molecule has 14 heteroatoms. The van der Waals surface area contributed by atoms with Gasteiger partial charge in [-0.05, 0) is 76.6 Å². The van der Waals surface area contributed by atoms with Crippen LogP contribution in [-0.2, 0) is 58.1 Å². The zero-order valence-corrected chi connectivity index (χ0v) is 43.9. The van der Waals surface area contributed by atoms with Gasteiger partial charge in [0, 0.05) is 47.4 Å². The van der Waals surface area contributed by atoms with Crippen molar-refractivity contribution < 1.29 is 42.9 Å². The summed E-state index contributed by atoms with van der Waals surface area (Å²) in [6.07, 6.45) is 3.43. The van der Waals surface area contributed by atoms with Crippen LogP contribution in [0.4, 0.5) is 21.0 Å². The number of nitrogens with zero attached hydrogens (tertiary/aromatic N) is 1. The van der Waals surface area contributed by atoms with E-state index in [1.807, 2.05) is 103 Å². The fourth-order valence-electron chi connectivity index (χ4n) is 8.96. The molecule has 7 aromatic carbocycles. The third-order valence-corrected chi connectivity index (χ3v) is 14.0. The summed E-state index contributed by atoms with van der Waals surface area (Å²) in [5.74, 6) is 0.384. The highest BCUT2D eigenvalue weighted by Gasteiger charge is 2.32. The maximum atomic E-state index is 14.7. The number of hydrogen-bond acceptors (Lipinski definition) is 11. The van der Waals surface area contributed by atoms with E-state index in [4.69, 9.17) is 23.7 Å². The zero-order valence-electron chi connectivity index (χ0n) is 43.1. The summed E-state index contributed by atoms with van der Waals surface area (Å²) in [6.45, 7) is 3.06. The fourth-order valence-corrected chi connectivity index (χ4v) is 10.2. The standard InChI is InChI=1S/C62H63N4O9S/c1-4-5-6-19-34-66-54-32-33-55(72-3)51(58(54)76-56-39-50(71-2)38-48(57(56)66)35-43-20-11-7-12-21-43)40-63-59(67)52(36-44-22-13-8-14-23-44)64-60(68)53(65-61(69)73-41-46-24-15-9-16-25-46)37-45-28-30-49(31-29-45)75-62(70)74-42-47-26-17-10-18-27-47/h7-18,20-33,38,52-53H,4-6,19,34-37,40-42H2,1-3H3,(H,63,67)(H,64,68)(H,65,69)/t52-,53-/m0/s1. The van der Waals surface area contributed by atoms with Gasteiger partial charge in [-0.3, -0.25) is 9.59 Å². The molecule has 3 N–H and O–H groups in total. The number of anilines is 2. The normalized spacial score (nSPS) is 12.2. The minimum atomic E-state index is -1.20. The highest BCUT2D eigenvalue weighted by atomic mass is 32.2. The lowest BCUT2D eigenvalue weighted by Gasteiger charge is -2.36. The van der Waals surface area contributed by atoms with E-state index in [9.17, 15) is 19.2 Å². The van der Waals surface area contributed by atoms with Gasteiger partial charge >= 0.3 is 12.2 Å². The summed E-state index contributed by atoms with van der Waals surface area (Å²) in [6, 6.07) is 52.1. The number of carbonyl (C=O) groups is 4. The van der Waals surface area contributed by atoms with E-state index in [2.05, 4.69) is 70.2 Å². The molecule has 0 saturated heterocycles. The Kier molecular flexibility index (Phi) is 19.4. The Labute approximate surface area is 449 Å². The van der Waals surface area contributed by atoms with E-state index in [-0.39, 0.29) is 38.3 Å². The first-order valence-electron chi connectivity index (χ1n) is 25.6. The number of ether oxygens (including phenoxy) is 5. The number of fused-ring (bicyclic) bond motifs is 2. The summed E-state index contributed by atoms with van der Waals surface area (Å²) < 4.78 is 28.1. The summed E-state index contributed by atoms with van der Waals surface area (Å²) >= 11 is 1.57. The minimum absolute atomic E-state index is 0.000535. The van der Waals surface area contributed by atoms with Crippen molar-refractivity contribution in [2.24, 2.45) is 0 Å². The van der Waals surface area contributed by atoms with Gasteiger partial charge in [-0.25, -0.2) is 9.59 Å². The monoisotopic (exact) mass is 1040 g/mol. The van der Waals surface area contributed by atoms with Crippen LogP contribution in [0.5, 0.6) is 17.2 Å². The Morgan fingerprint density at radius 2 is 1.21 bits per heavy atom. The lowest BCUT2D eigenvalue weighted by molar-refractivity contribution is -0.130. The molecule has 1 aliphatic heterocycles. The lowest BCUT2D eigenvalue weighted by atomic mass is 10.0. The molecule has 1 heterocycles. The largest absolute Gasteiger partial charge is 0.514 e. The molecular weight excluding hydrogens is 977 g/mol. The van der Waals surface area contributed by atoms with Crippen molar-refractivity contribution in [3.05, 3.63) is 209 Å². The average molecular weight is 1040 g/mol. The molecular formula is C62H63N4O9S. The van der Waals surface area contributed by atoms with E-state index in [1.54, 1.807) is 50.2 Å². The second kappa shape index (κ2) is 27.3. The molecule has 0 aliphatic carbocycles. The van der Waals surface area contributed by atoms with Crippen molar-refractivity contribution in [3.8, 4) is 17.2 Å². The molecule has 0 bridgehead atoms. The molecule has 8 rings (SSSR count). The number of unbranched alkanes of at least 4 members (excludes halogenated alkanes) is 3. The molecule has 76 heavy (non-hydrogen) atoms. The Bertz CT molecular complexity index is 3020. The molecule has 0 aromatic heterocycles. The number of benzene rings is 7. The second-order valence-corrected chi connectivity index (χ2v) is 19.3. The van der Waals surface area contributed by atoms with Gasteiger partial charge in [-0.1, -0.05) is 171 Å². The smallest absolute Gasteiger partial charge is 0.496 e. The topological polar surface area (TPSA) is 154 Å². The highest BCUT2D eigenvalue weighted by Crippen LogP contribution is 2.54. The van der Waals surface area contributed by atoms with Gasteiger partial charge in [0.15, 0.2) is 0 Å². The molecule has 1 aliphatic rings.